The van der Waals surface area contributed by atoms with Crippen LogP contribution in [-0.2, 0) is 0 Å². The highest BCUT2D eigenvalue weighted by molar-refractivity contribution is 9.10. The molecular weight excluding hydrogens is 490 g/mol. The van der Waals surface area contributed by atoms with E-state index in [9.17, 15) is 9.59 Å². The number of carbonyl (C=O) groups is 2. The van der Waals surface area contributed by atoms with E-state index in [1.165, 1.54) is 0 Å². The van der Waals surface area contributed by atoms with E-state index in [2.05, 4.69) is 26.6 Å². The molecule has 0 saturated heterocycles. The molecule has 0 atom stereocenters. The van der Waals surface area contributed by atoms with Gasteiger partial charge in [-0.05, 0) is 89.7 Å². The van der Waals surface area contributed by atoms with Crippen LogP contribution in [0.1, 0.15) is 27.6 Å². The van der Waals surface area contributed by atoms with Crippen molar-refractivity contribution < 1.29 is 14.3 Å². The van der Waals surface area contributed by atoms with Crippen LogP contribution in [-0.4, -0.2) is 30.6 Å². The second-order valence-electron chi connectivity index (χ2n) is 6.76. The first-order chi connectivity index (χ1) is 15.4. The minimum absolute atomic E-state index is 0.125. The number of amides is 2. The number of rotatable bonds is 6. The number of carbonyl (C=O) groups excluding carboxylic acids is 2. The molecule has 0 radical (unpaired) electrons. The molecule has 0 aliphatic heterocycles. The molecular formula is C24H22BrN3O3S. The summed E-state index contributed by atoms with van der Waals surface area (Å²) >= 11 is 8.64. The highest BCUT2D eigenvalue weighted by Gasteiger charge is 2.14. The van der Waals surface area contributed by atoms with Crippen molar-refractivity contribution in [2.24, 2.45) is 0 Å². The first-order valence-corrected chi connectivity index (χ1v) is 11.1. The predicted molar refractivity (Wildman–Crippen MR) is 135 cm³/mol. The Balaban J connectivity index is 1.59. The normalized spacial score (nSPS) is 10.2. The minimum atomic E-state index is -0.345. The number of thiocarbonyl (C=S) groups is 1. The van der Waals surface area contributed by atoms with Crippen LogP contribution in [0, 0.1) is 0 Å². The third kappa shape index (κ3) is 5.93. The summed E-state index contributed by atoms with van der Waals surface area (Å²) in [6.07, 6.45) is 0. The van der Waals surface area contributed by atoms with Crippen LogP contribution in [0.2, 0.25) is 0 Å². The van der Waals surface area contributed by atoms with Crippen molar-refractivity contribution in [1.29, 1.82) is 0 Å². The molecule has 3 rings (SSSR count). The monoisotopic (exact) mass is 511 g/mol. The fourth-order valence-corrected chi connectivity index (χ4v) is 3.61. The highest BCUT2D eigenvalue weighted by atomic mass is 79.9. The van der Waals surface area contributed by atoms with E-state index in [1.807, 2.05) is 37.3 Å². The van der Waals surface area contributed by atoms with Crippen molar-refractivity contribution in [1.82, 2.24) is 5.32 Å². The number of hydrogen-bond donors (Lipinski definition) is 2. The van der Waals surface area contributed by atoms with Crippen LogP contribution in [0.5, 0.6) is 5.75 Å². The predicted octanol–water partition coefficient (Wildman–Crippen LogP) is 5.25. The summed E-state index contributed by atoms with van der Waals surface area (Å²) in [6.45, 7) is 2.42. The second kappa shape index (κ2) is 10.9. The molecule has 0 unspecified atom stereocenters. The number of ether oxygens (including phenoxy) is 1. The van der Waals surface area contributed by atoms with Crippen LogP contribution in [0.4, 0.5) is 11.4 Å². The van der Waals surface area contributed by atoms with Gasteiger partial charge in [-0.25, -0.2) is 0 Å². The summed E-state index contributed by atoms with van der Waals surface area (Å²) in [7, 11) is 1.73. The van der Waals surface area contributed by atoms with E-state index in [0.717, 1.165) is 5.69 Å². The van der Waals surface area contributed by atoms with E-state index in [0.29, 0.717) is 33.6 Å². The molecule has 0 aliphatic carbocycles. The van der Waals surface area contributed by atoms with Gasteiger partial charge in [-0.1, -0.05) is 18.2 Å². The fraction of sp³-hybridized carbons (Fsp3) is 0.125. The van der Waals surface area contributed by atoms with Gasteiger partial charge in [-0.15, -0.1) is 0 Å². The Labute approximate surface area is 200 Å². The van der Waals surface area contributed by atoms with Gasteiger partial charge in [0, 0.05) is 29.5 Å². The van der Waals surface area contributed by atoms with Gasteiger partial charge in [-0.3, -0.25) is 14.9 Å². The van der Waals surface area contributed by atoms with E-state index >= 15 is 0 Å². The van der Waals surface area contributed by atoms with E-state index < -0.39 is 0 Å². The molecule has 0 fully saturated rings. The third-order valence-electron chi connectivity index (χ3n) is 4.56. The molecule has 2 amide bonds. The van der Waals surface area contributed by atoms with Gasteiger partial charge in [0.1, 0.15) is 5.75 Å². The number of anilines is 2. The maximum atomic E-state index is 12.7. The number of hydrogen-bond acceptors (Lipinski definition) is 4. The lowest BCUT2D eigenvalue weighted by molar-refractivity contribution is 0.0974. The van der Waals surface area contributed by atoms with Gasteiger partial charge in [0.15, 0.2) is 5.11 Å². The molecule has 3 aromatic rings. The molecule has 6 nitrogen and oxygen atoms in total. The zero-order valence-corrected chi connectivity index (χ0v) is 20.0. The van der Waals surface area contributed by atoms with Crippen molar-refractivity contribution >= 4 is 56.4 Å². The van der Waals surface area contributed by atoms with Crippen molar-refractivity contribution in [3.05, 3.63) is 88.4 Å². The lowest BCUT2D eigenvalue weighted by atomic mass is 10.1. The lowest BCUT2D eigenvalue weighted by Crippen LogP contribution is -2.34. The Morgan fingerprint density at radius 1 is 1.00 bits per heavy atom. The van der Waals surface area contributed by atoms with Gasteiger partial charge in [-0.2, -0.15) is 0 Å². The largest absolute Gasteiger partial charge is 0.493 e. The minimum Gasteiger partial charge on any atom is -0.493 e. The van der Waals surface area contributed by atoms with Gasteiger partial charge < -0.3 is 15.0 Å². The molecule has 32 heavy (non-hydrogen) atoms. The Kier molecular flexibility index (Phi) is 7.97. The molecule has 0 spiro atoms. The van der Waals surface area contributed by atoms with Crippen molar-refractivity contribution in [3.63, 3.8) is 0 Å². The van der Waals surface area contributed by atoms with Crippen LogP contribution in [0.25, 0.3) is 0 Å². The maximum absolute atomic E-state index is 12.7. The van der Waals surface area contributed by atoms with Gasteiger partial charge in [0.05, 0.1) is 11.1 Å². The lowest BCUT2D eigenvalue weighted by Gasteiger charge is -2.17. The molecule has 164 valence electrons. The first kappa shape index (κ1) is 23.4. The van der Waals surface area contributed by atoms with Crippen molar-refractivity contribution in [2.45, 2.75) is 6.92 Å². The molecule has 0 aliphatic rings. The Morgan fingerprint density at radius 2 is 1.66 bits per heavy atom. The molecule has 0 saturated carbocycles. The van der Waals surface area contributed by atoms with Crippen LogP contribution >= 0.6 is 28.1 Å². The van der Waals surface area contributed by atoms with Gasteiger partial charge in [0.2, 0.25) is 0 Å². The Morgan fingerprint density at radius 3 is 2.28 bits per heavy atom. The molecule has 0 heterocycles. The van der Waals surface area contributed by atoms with Crippen LogP contribution in [0.3, 0.4) is 0 Å². The first-order valence-electron chi connectivity index (χ1n) is 9.87. The van der Waals surface area contributed by atoms with Crippen LogP contribution in [0.15, 0.2) is 77.3 Å². The van der Waals surface area contributed by atoms with Gasteiger partial charge in [0.25, 0.3) is 11.8 Å². The second-order valence-corrected chi connectivity index (χ2v) is 8.03. The van der Waals surface area contributed by atoms with E-state index in [1.54, 1.807) is 54.4 Å². The van der Waals surface area contributed by atoms with E-state index in [-0.39, 0.29) is 16.9 Å². The summed E-state index contributed by atoms with van der Waals surface area (Å²) in [5, 5.41) is 5.75. The third-order valence-corrected chi connectivity index (χ3v) is 5.38. The molecule has 2 N–H and O–H groups in total. The maximum Gasteiger partial charge on any atom is 0.258 e. The molecule has 0 bridgehead atoms. The Bertz CT molecular complexity index is 1120. The zero-order valence-electron chi connectivity index (χ0n) is 17.6. The zero-order chi connectivity index (χ0) is 23.1. The Hall–Kier alpha value is -3.23. The smallest absolute Gasteiger partial charge is 0.258 e. The summed E-state index contributed by atoms with van der Waals surface area (Å²) in [5.41, 5.74) is 2.44. The fourth-order valence-electron chi connectivity index (χ4n) is 2.91. The number of halogens is 1. The average molecular weight is 512 g/mol. The SMILES string of the molecule is CCOc1ccc(C(=O)NC(=S)Nc2ccc(C(=O)N(C)c3ccccc3)cc2)cc1Br. The summed E-state index contributed by atoms with van der Waals surface area (Å²) < 4.78 is 6.14. The van der Waals surface area contributed by atoms with E-state index in [4.69, 9.17) is 17.0 Å². The number of benzene rings is 3. The molecule has 3 aromatic carbocycles. The van der Waals surface area contributed by atoms with Crippen molar-refractivity contribution in [3.8, 4) is 5.75 Å². The summed E-state index contributed by atoms with van der Waals surface area (Å²) in [5.74, 6) is 0.194. The highest BCUT2D eigenvalue weighted by Crippen LogP contribution is 2.26. The summed E-state index contributed by atoms with van der Waals surface area (Å²) in [4.78, 5) is 26.7. The number of para-hydroxylation sites is 1. The number of nitrogens with zero attached hydrogens (tertiary/aromatic N) is 1. The van der Waals surface area contributed by atoms with Crippen LogP contribution < -0.4 is 20.3 Å². The topological polar surface area (TPSA) is 70.7 Å². The molecule has 0 aromatic heterocycles. The van der Waals surface area contributed by atoms with Crippen molar-refractivity contribution in [2.75, 3.05) is 23.9 Å². The standard InChI is InChI=1S/C24H22BrN3O3S/c1-3-31-21-14-11-17(15-20(21)25)22(29)27-24(32)26-18-12-9-16(10-13-18)23(30)28(2)19-7-5-4-6-8-19/h4-15H,3H2,1-2H3,(H2,26,27,29,32). The quantitative estimate of drug-likeness (QED) is 0.442. The molecule has 8 heteroatoms. The summed E-state index contributed by atoms with van der Waals surface area (Å²) in [6, 6.07) is 21.4. The average Bonchev–Trinajstić information content (AvgIpc) is 2.80. The number of nitrogens with one attached hydrogen (secondary N) is 2. The van der Waals surface area contributed by atoms with Gasteiger partial charge >= 0.3 is 0 Å².